The van der Waals surface area contributed by atoms with E-state index >= 15 is 0 Å². The third-order valence-corrected chi connectivity index (χ3v) is 4.84. The molecule has 24 heavy (non-hydrogen) atoms. The summed E-state index contributed by atoms with van der Waals surface area (Å²) < 4.78 is 34.0. The van der Waals surface area contributed by atoms with Crippen LogP contribution in [0, 0.1) is 6.92 Å². The number of aromatic nitrogens is 2. The van der Waals surface area contributed by atoms with E-state index in [0.29, 0.717) is 12.2 Å². The summed E-state index contributed by atoms with van der Waals surface area (Å²) in [6.45, 7) is 3.41. The maximum absolute atomic E-state index is 12.1. The molecule has 1 aromatic carbocycles. The van der Waals surface area contributed by atoms with Gasteiger partial charge >= 0.3 is 0 Å². The predicted octanol–water partition coefficient (Wildman–Crippen LogP) is 2.78. The van der Waals surface area contributed by atoms with Crippen molar-refractivity contribution >= 4 is 21.8 Å². The quantitative estimate of drug-likeness (QED) is 0.872. The number of sulfonamides is 1. The van der Waals surface area contributed by atoms with Crippen molar-refractivity contribution in [1.82, 2.24) is 9.78 Å². The molecule has 128 valence electrons. The average molecular weight is 347 g/mol. The Morgan fingerprint density at radius 3 is 2.88 bits per heavy atom. The lowest BCUT2D eigenvalue weighted by Gasteiger charge is -2.08. The van der Waals surface area contributed by atoms with Crippen LogP contribution in [0.4, 0.5) is 5.69 Å². The van der Waals surface area contributed by atoms with Crippen LogP contribution in [-0.4, -0.2) is 30.9 Å². The molecular weight excluding hydrogens is 326 g/mol. The molecule has 0 aliphatic carbocycles. The maximum Gasteiger partial charge on any atom is 0.255 e. The normalized spacial score (nSPS) is 18.3. The summed E-state index contributed by atoms with van der Waals surface area (Å²) in [4.78, 5) is 0. The molecule has 0 saturated carbocycles. The average Bonchev–Trinajstić information content (AvgIpc) is 3.19. The smallest absolute Gasteiger partial charge is 0.255 e. The predicted molar refractivity (Wildman–Crippen MR) is 94.0 cm³/mol. The molecule has 2 heterocycles. The molecule has 3 rings (SSSR count). The van der Waals surface area contributed by atoms with Crippen LogP contribution < -0.4 is 4.72 Å². The molecule has 0 amide bonds. The van der Waals surface area contributed by atoms with Gasteiger partial charge in [0.2, 0.25) is 0 Å². The third-order valence-electron chi connectivity index (χ3n) is 3.83. The number of ether oxygens (including phenoxy) is 1. The van der Waals surface area contributed by atoms with Crippen molar-refractivity contribution in [3.8, 4) is 0 Å². The van der Waals surface area contributed by atoms with Gasteiger partial charge in [0.15, 0.2) is 0 Å². The highest BCUT2D eigenvalue weighted by Gasteiger charge is 2.16. The second kappa shape index (κ2) is 7.19. The van der Waals surface area contributed by atoms with Gasteiger partial charge < -0.3 is 4.74 Å². The van der Waals surface area contributed by atoms with Gasteiger partial charge in [0.1, 0.15) is 0 Å². The molecule has 1 atom stereocenters. The van der Waals surface area contributed by atoms with Gasteiger partial charge in [-0.05, 0) is 31.4 Å². The SMILES string of the molecule is Cc1ccc(/C=C/S(=O)(=O)Nc2cnn(C[C@@H]3CCCO3)c2)cc1. The Bertz CT molecular complexity index is 804. The lowest BCUT2D eigenvalue weighted by atomic mass is 10.2. The lowest BCUT2D eigenvalue weighted by Crippen LogP contribution is -2.15. The topological polar surface area (TPSA) is 73.2 Å². The Hall–Kier alpha value is -2.12. The summed E-state index contributed by atoms with van der Waals surface area (Å²) >= 11 is 0. The van der Waals surface area contributed by atoms with Crippen molar-refractivity contribution in [3.05, 3.63) is 53.2 Å². The van der Waals surface area contributed by atoms with E-state index in [-0.39, 0.29) is 6.10 Å². The standard InChI is InChI=1S/C17H21N3O3S/c1-14-4-6-15(7-5-14)8-10-24(21,22)19-16-11-18-20(12-16)13-17-3-2-9-23-17/h4-8,10-12,17,19H,2-3,9,13H2,1H3/b10-8+/t17-/m0/s1. The van der Waals surface area contributed by atoms with Crippen LogP contribution in [0.1, 0.15) is 24.0 Å². The zero-order chi connectivity index (χ0) is 17.0. The zero-order valence-corrected chi connectivity index (χ0v) is 14.4. The van der Waals surface area contributed by atoms with Crippen LogP contribution in [0.5, 0.6) is 0 Å². The summed E-state index contributed by atoms with van der Waals surface area (Å²) in [5.41, 5.74) is 2.41. The van der Waals surface area contributed by atoms with Gasteiger partial charge in [-0.15, -0.1) is 0 Å². The van der Waals surface area contributed by atoms with E-state index in [2.05, 4.69) is 9.82 Å². The number of hydrogen-bond acceptors (Lipinski definition) is 4. The molecule has 6 nitrogen and oxygen atoms in total. The lowest BCUT2D eigenvalue weighted by molar-refractivity contribution is 0.0940. The van der Waals surface area contributed by atoms with Crippen molar-refractivity contribution < 1.29 is 13.2 Å². The highest BCUT2D eigenvalue weighted by Crippen LogP contribution is 2.16. The number of anilines is 1. The fraction of sp³-hybridized carbons (Fsp3) is 0.353. The van der Waals surface area contributed by atoms with Crippen LogP contribution >= 0.6 is 0 Å². The van der Waals surface area contributed by atoms with E-state index in [4.69, 9.17) is 4.74 Å². The highest BCUT2D eigenvalue weighted by atomic mass is 32.2. The van der Waals surface area contributed by atoms with Crippen molar-refractivity contribution in [2.75, 3.05) is 11.3 Å². The number of benzene rings is 1. The zero-order valence-electron chi connectivity index (χ0n) is 13.6. The van der Waals surface area contributed by atoms with Gasteiger partial charge in [0, 0.05) is 12.8 Å². The van der Waals surface area contributed by atoms with Crippen LogP contribution in [-0.2, 0) is 21.3 Å². The molecule has 1 aromatic heterocycles. The highest BCUT2D eigenvalue weighted by molar-refractivity contribution is 7.95. The summed E-state index contributed by atoms with van der Waals surface area (Å²) in [7, 11) is -3.57. The van der Waals surface area contributed by atoms with Gasteiger partial charge in [-0.2, -0.15) is 5.10 Å². The summed E-state index contributed by atoms with van der Waals surface area (Å²) in [5, 5.41) is 5.34. The minimum Gasteiger partial charge on any atom is -0.376 e. The maximum atomic E-state index is 12.1. The Morgan fingerprint density at radius 1 is 1.38 bits per heavy atom. The first kappa shape index (κ1) is 16.7. The first-order chi connectivity index (χ1) is 11.5. The molecule has 1 aliphatic heterocycles. The molecule has 0 radical (unpaired) electrons. The minimum absolute atomic E-state index is 0.163. The number of hydrogen-bond donors (Lipinski definition) is 1. The molecule has 1 aliphatic rings. The fourth-order valence-corrected chi connectivity index (χ4v) is 3.40. The number of nitrogens with one attached hydrogen (secondary N) is 1. The second-order valence-corrected chi connectivity index (χ2v) is 7.51. The fourth-order valence-electron chi connectivity index (χ4n) is 2.56. The Kier molecular flexibility index (Phi) is 5.01. The van der Waals surface area contributed by atoms with Crippen LogP contribution in [0.25, 0.3) is 6.08 Å². The van der Waals surface area contributed by atoms with Gasteiger partial charge in [0.25, 0.3) is 10.0 Å². The largest absolute Gasteiger partial charge is 0.376 e. The molecule has 1 saturated heterocycles. The van der Waals surface area contributed by atoms with Gasteiger partial charge in [0.05, 0.1) is 29.9 Å². The van der Waals surface area contributed by atoms with Gasteiger partial charge in [-0.3, -0.25) is 9.40 Å². The van der Waals surface area contributed by atoms with Crippen molar-refractivity contribution in [2.45, 2.75) is 32.4 Å². The van der Waals surface area contributed by atoms with Crippen LogP contribution in [0.3, 0.4) is 0 Å². The van der Waals surface area contributed by atoms with Crippen molar-refractivity contribution in [1.29, 1.82) is 0 Å². The molecule has 0 spiro atoms. The van der Waals surface area contributed by atoms with Crippen LogP contribution in [0.2, 0.25) is 0 Å². The van der Waals surface area contributed by atoms with Crippen molar-refractivity contribution in [2.24, 2.45) is 0 Å². The van der Waals surface area contributed by atoms with E-state index in [1.54, 1.807) is 17.0 Å². The Balaban J connectivity index is 1.61. The van der Waals surface area contributed by atoms with Gasteiger partial charge in [-0.25, -0.2) is 8.42 Å². The number of aryl methyl sites for hydroxylation is 1. The Morgan fingerprint density at radius 2 is 2.17 bits per heavy atom. The van der Waals surface area contributed by atoms with E-state index in [9.17, 15) is 8.42 Å². The molecule has 0 unspecified atom stereocenters. The second-order valence-electron chi connectivity index (χ2n) is 5.95. The summed E-state index contributed by atoms with van der Waals surface area (Å²) in [5.74, 6) is 0. The van der Waals surface area contributed by atoms with Crippen LogP contribution in [0.15, 0.2) is 42.1 Å². The Labute approximate surface area is 142 Å². The first-order valence-corrected chi connectivity index (χ1v) is 9.46. The molecule has 1 fully saturated rings. The van der Waals surface area contributed by atoms with E-state index in [1.807, 2.05) is 31.2 Å². The molecular formula is C17H21N3O3S. The van der Waals surface area contributed by atoms with Gasteiger partial charge in [-0.1, -0.05) is 29.8 Å². The monoisotopic (exact) mass is 347 g/mol. The van der Waals surface area contributed by atoms with Crippen molar-refractivity contribution in [3.63, 3.8) is 0 Å². The first-order valence-electron chi connectivity index (χ1n) is 7.92. The van der Waals surface area contributed by atoms with E-state index < -0.39 is 10.0 Å². The number of rotatable bonds is 6. The molecule has 7 heteroatoms. The molecule has 2 aromatic rings. The number of nitrogens with zero attached hydrogens (tertiary/aromatic N) is 2. The van der Waals surface area contributed by atoms with E-state index in [0.717, 1.165) is 36.0 Å². The summed E-state index contributed by atoms with van der Waals surface area (Å²) in [6, 6.07) is 7.63. The third kappa shape index (κ3) is 4.69. The molecule has 0 bridgehead atoms. The summed E-state index contributed by atoms with van der Waals surface area (Å²) in [6.07, 6.45) is 7.00. The van der Waals surface area contributed by atoms with E-state index in [1.165, 1.54) is 6.20 Å². The minimum atomic E-state index is -3.57. The molecule has 1 N–H and O–H groups in total.